The molecule has 112 valence electrons. The van der Waals surface area contributed by atoms with Gasteiger partial charge in [0, 0.05) is 12.6 Å². The van der Waals surface area contributed by atoms with Crippen LogP contribution < -0.4 is 10.1 Å². The average Bonchev–Trinajstić information content (AvgIpc) is 2.55. The minimum absolute atomic E-state index is 0.0981. The molecule has 2 aromatic rings. The highest BCUT2D eigenvalue weighted by atomic mass is 16.6. The van der Waals surface area contributed by atoms with Gasteiger partial charge in [-0.3, -0.25) is 10.1 Å². The highest BCUT2D eigenvalue weighted by molar-refractivity contribution is 5.64. The van der Waals surface area contributed by atoms with Crippen LogP contribution in [0.1, 0.15) is 11.1 Å². The molecule has 6 nitrogen and oxygen atoms in total. The number of hydrogen-bond donors (Lipinski definition) is 1. The number of rotatable bonds is 6. The molecule has 0 saturated heterocycles. The van der Waals surface area contributed by atoms with Crippen LogP contribution in [0.4, 0.5) is 11.4 Å². The van der Waals surface area contributed by atoms with Gasteiger partial charge in [0.15, 0.2) is 0 Å². The van der Waals surface area contributed by atoms with Crippen LogP contribution in [0, 0.1) is 21.4 Å². The Bertz CT molecular complexity index is 723. The van der Waals surface area contributed by atoms with Gasteiger partial charge in [0.2, 0.25) is 0 Å². The summed E-state index contributed by atoms with van der Waals surface area (Å²) in [6, 6.07) is 13.9. The van der Waals surface area contributed by atoms with E-state index in [0.29, 0.717) is 18.7 Å². The summed E-state index contributed by atoms with van der Waals surface area (Å²) < 4.78 is 5.27. The Hall–Kier alpha value is -3.07. The molecule has 2 aromatic carbocycles. The lowest BCUT2D eigenvalue weighted by molar-refractivity contribution is -0.384. The first-order valence-electron chi connectivity index (χ1n) is 6.70. The fourth-order valence-electron chi connectivity index (χ4n) is 2.14. The second kappa shape index (κ2) is 7.09. The van der Waals surface area contributed by atoms with Gasteiger partial charge in [0.25, 0.3) is 5.69 Å². The van der Waals surface area contributed by atoms with E-state index in [2.05, 4.69) is 5.32 Å². The molecule has 0 saturated carbocycles. The van der Waals surface area contributed by atoms with E-state index in [0.717, 1.165) is 11.3 Å². The molecule has 0 unspecified atom stereocenters. The summed E-state index contributed by atoms with van der Waals surface area (Å²) in [4.78, 5) is 10.6. The highest BCUT2D eigenvalue weighted by Gasteiger charge is 2.14. The second-order valence-corrected chi connectivity index (χ2v) is 4.59. The van der Waals surface area contributed by atoms with Crippen molar-refractivity contribution in [1.82, 2.24) is 0 Å². The van der Waals surface area contributed by atoms with Gasteiger partial charge < -0.3 is 10.1 Å². The maximum atomic E-state index is 11.1. The SMILES string of the molecule is COc1ccccc1CCNc1ccc(C#N)cc1[N+](=O)[O-]. The smallest absolute Gasteiger partial charge is 0.293 e. The van der Waals surface area contributed by atoms with Crippen molar-refractivity contribution in [2.24, 2.45) is 0 Å². The number of methoxy groups -OCH3 is 1. The summed E-state index contributed by atoms with van der Waals surface area (Å²) in [5.74, 6) is 0.790. The van der Waals surface area contributed by atoms with Crippen LogP contribution >= 0.6 is 0 Å². The fraction of sp³-hybridized carbons (Fsp3) is 0.188. The molecular formula is C16H15N3O3. The molecule has 0 fully saturated rings. The number of nitriles is 1. The van der Waals surface area contributed by atoms with Crippen molar-refractivity contribution in [3.05, 3.63) is 63.7 Å². The zero-order valence-corrected chi connectivity index (χ0v) is 12.1. The number of anilines is 1. The van der Waals surface area contributed by atoms with E-state index in [1.807, 2.05) is 30.3 Å². The first-order valence-corrected chi connectivity index (χ1v) is 6.70. The van der Waals surface area contributed by atoms with Crippen LogP contribution in [-0.2, 0) is 6.42 Å². The van der Waals surface area contributed by atoms with E-state index in [9.17, 15) is 10.1 Å². The third-order valence-corrected chi connectivity index (χ3v) is 3.23. The molecule has 0 heterocycles. The zero-order valence-electron chi connectivity index (χ0n) is 12.1. The lowest BCUT2D eigenvalue weighted by atomic mass is 10.1. The normalized spacial score (nSPS) is 9.82. The van der Waals surface area contributed by atoms with E-state index in [4.69, 9.17) is 10.00 Å². The van der Waals surface area contributed by atoms with Gasteiger partial charge >= 0.3 is 0 Å². The first-order chi connectivity index (χ1) is 10.7. The summed E-state index contributed by atoms with van der Waals surface area (Å²) in [5.41, 5.74) is 1.59. The summed E-state index contributed by atoms with van der Waals surface area (Å²) in [6.07, 6.45) is 0.668. The molecule has 0 aliphatic carbocycles. The number of hydrogen-bond acceptors (Lipinski definition) is 5. The Morgan fingerprint density at radius 3 is 2.77 bits per heavy atom. The van der Waals surface area contributed by atoms with E-state index in [1.165, 1.54) is 6.07 Å². The Morgan fingerprint density at radius 2 is 2.09 bits per heavy atom. The van der Waals surface area contributed by atoms with Crippen LogP contribution in [0.3, 0.4) is 0 Å². The third kappa shape index (κ3) is 3.52. The molecular weight excluding hydrogens is 282 g/mol. The van der Waals surface area contributed by atoms with E-state index < -0.39 is 4.92 Å². The van der Waals surface area contributed by atoms with Gasteiger partial charge in [0.1, 0.15) is 11.4 Å². The van der Waals surface area contributed by atoms with Crippen molar-refractivity contribution >= 4 is 11.4 Å². The second-order valence-electron chi connectivity index (χ2n) is 4.59. The van der Waals surface area contributed by atoms with Crippen molar-refractivity contribution in [1.29, 1.82) is 5.26 Å². The molecule has 2 rings (SSSR count). The van der Waals surface area contributed by atoms with E-state index >= 15 is 0 Å². The molecule has 6 heteroatoms. The molecule has 0 aromatic heterocycles. The van der Waals surface area contributed by atoms with Crippen molar-refractivity contribution in [2.45, 2.75) is 6.42 Å². The van der Waals surface area contributed by atoms with Gasteiger partial charge in [-0.15, -0.1) is 0 Å². The van der Waals surface area contributed by atoms with Crippen LogP contribution in [0.2, 0.25) is 0 Å². The van der Waals surface area contributed by atoms with Crippen molar-refractivity contribution in [2.75, 3.05) is 19.0 Å². The van der Waals surface area contributed by atoms with E-state index in [1.54, 1.807) is 19.2 Å². The predicted octanol–water partition coefficient (Wildman–Crippen LogP) is 3.13. The molecule has 0 amide bonds. The number of nitrogens with zero attached hydrogens (tertiary/aromatic N) is 2. The van der Waals surface area contributed by atoms with Gasteiger partial charge in [0.05, 0.1) is 23.7 Å². The van der Waals surface area contributed by atoms with Crippen molar-refractivity contribution in [3.63, 3.8) is 0 Å². The molecule has 1 N–H and O–H groups in total. The molecule has 0 bridgehead atoms. The quantitative estimate of drug-likeness (QED) is 0.653. The Balaban J connectivity index is 2.09. The molecule has 0 atom stereocenters. The number of para-hydroxylation sites is 1. The number of benzene rings is 2. The largest absolute Gasteiger partial charge is 0.496 e. The average molecular weight is 297 g/mol. The number of ether oxygens (including phenoxy) is 1. The molecule has 0 aliphatic heterocycles. The van der Waals surface area contributed by atoms with Crippen LogP contribution in [0.15, 0.2) is 42.5 Å². The summed E-state index contributed by atoms with van der Waals surface area (Å²) >= 11 is 0. The third-order valence-electron chi connectivity index (χ3n) is 3.23. The minimum atomic E-state index is -0.494. The van der Waals surface area contributed by atoms with Gasteiger partial charge in [-0.25, -0.2) is 0 Å². The maximum absolute atomic E-state index is 11.1. The lowest BCUT2D eigenvalue weighted by Gasteiger charge is -2.10. The summed E-state index contributed by atoms with van der Waals surface area (Å²) in [5, 5.41) is 22.9. The predicted molar refractivity (Wildman–Crippen MR) is 83.0 cm³/mol. The molecule has 22 heavy (non-hydrogen) atoms. The number of nitro benzene ring substituents is 1. The van der Waals surface area contributed by atoms with Gasteiger partial charge in [-0.2, -0.15) is 5.26 Å². The maximum Gasteiger partial charge on any atom is 0.293 e. The number of nitrogens with one attached hydrogen (secondary N) is 1. The van der Waals surface area contributed by atoms with Crippen molar-refractivity contribution < 1.29 is 9.66 Å². The lowest BCUT2D eigenvalue weighted by Crippen LogP contribution is -2.07. The van der Waals surface area contributed by atoms with Gasteiger partial charge in [-0.1, -0.05) is 18.2 Å². The van der Waals surface area contributed by atoms with Crippen LogP contribution in [0.5, 0.6) is 5.75 Å². The Labute approximate surface area is 128 Å². The fourth-order valence-corrected chi connectivity index (χ4v) is 2.14. The minimum Gasteiger partial charge on any atom is -0.496 e. The Kier molecular flexibility index (Phi) is 4.94. The summed E-state index contributed by atoms with van der Waals surface area (Å²) in [7, 11) is 1.61. The standard InChI is InChI=1S/C16H15N3O3/c1-22-16-5-3-2-4-13(16)8-9-18-14-7-6-12(11-17)10-15(14)19(20)21/h2-7,10,18H,8-9H2,1H3. The number of nitro groups is 1. The zero-order chi connectivity index (χ0) is 15.9. The summed E-state index contributed by atoms with van der Waals surface area (Å²) in [6.45, 7) is 0.521. The van der Waals surface area contributed by atoms with Gasteiger partial charge in [-0.05, 0) is 30.2 Å². The monoisotopic (exact) mass is 297 g/mol. The highest BCUT2D eigenvalue weighted by Crippen LogP contribution is 2.25. The first kappa shape index (κ1) is 15.3. The van der Waals surface area contributed by atoms with Crippen LogP contribution in [-0.4, -0.2) is 18.6 Å². The Morgan fingerprint density at radius 1 is 1.32 bits per heavy atom. The van der Waals surface area contributed by atoms with E-state index in [-0.39, 0.29) is 11.3 Å². The molecule has 0 radical (unpaired) electrons. The van der Waals surface area contributed by atoms with Crippen LogP contribution in [0.25, 0.3) is 0 Å². The molecule has 0 aliphatic rings. The topological polar surface area (TPSA) is 88.2 Å². The molecule has 0 spiro atoms. The van der Waals surface area contributed by atoms with Crippen molar-refractivity contribution in [3.8, 4) is 11.8 Å².